The molecule has 0 heterocycles. The number of phosphoric ester groups is 1. The number of aliphatic hydroxyl groups is 1. The third kappa shape index (κ3) is 35.9. The summed E-state index contributed by atoms with van der Waals surface area (Å²) in [6.45, 7) is 2.35. The van der Waals surface area contributed by atoms with Crippen LogP contribution in [-0.4, -0.2) is 64.9 Å². The van der Waals surface area contributed by atoms with Gasteiger partial charge in [0.15, 0.2) is 6.04 Å². The first-order valence-corrected chi connectivity index (χ1v) is 21.5. The second kappa shape index (κ2) is 36.9. The number of aliphatic hydroxyl groups excluding tert-OH is 1. The van der Waals surface area contributed by atoms with Gasteiger partial charge < -0.3 is 25.2 Å². The van der Waals surface area contributed by atoms with E-state index in [2.05, 4.69) is 92.1 Å². The van der Waals surface area contributed by atoms with Gasteiger partial charge in [-0.3, -0.25) is 18.6 Å². The number of esters is 1. The van der Waals surface area contributed by atoms with Crippen molar-refractivity contribution in [1.29, 1.82) is 0 Å². The SMILES string of the molecule is CC/C=C\C/C=C\C/C=C\C/C=C\C/C=C\C/C=C\CCCCCCC(=O)OCC(O)COP(=O)(O)OCC(NC(=O)CCCCCCCCC)C(=O)O. The number of carbonyl (C=O) groups excluding carboxylic acids is 2. The van der Waals surface area contributed by atoms with Gasteiger partial charge in [-0.1, -0.05) is 138 Å². The highest BCUT2D eigenvalue weighted by Crippen LogP contribution is 2.43. The molecule has 0 radical (unpaired) electrons. The molecule has 1 amide bonds. The van der Waals surface area contributed by atoms with Gasteiger partial charge in [-0.15, -0.1) is 0 Å². The number of amides is 1. The molecule has 0 saturated carbocycles. The summed E-state index contributed by atoms with van der Waals surface area (Å²) in [6, 6.07) is -1.55. The Kier molecular flexibility index (Phi) is 34.8. The molecule has 0 rings (SSSR count). The van der Waals surface area contributed by atoms with Gasteiger partial charge in [0, 0.05) is 12.8 Å². The van der Waals surface area contributed by atoms with Crippen molar-refractivity contribution in [3.63, 3.8) is 0 Å². The third-order valence-corrected chi connectivity index (χ3v) is 8.96. The zero-order chi connectivity index (χ0) is 40.0. The largest absolute Gasteiger partial charge is 0.480 e. The number of carbonyl (C=O) groups is 3. The molecule has 0 aliphatic carbocycles. The fourth-order valence-electron chi connectivity index (χ4n) is 4.90. The Morgan fingerprint density at radius 3 is 1.61 bits per heavy atom. The first-order chi connectivity index (χ1) is 26.1. The standard InChI is InChI=1S/C42H70NO10P/c1-3-5-7-9-11-12-13-14-15-16-17-18-19-20-21-22-23-24-25-26-28-30-32-34-41(46)51-35-38(44)36-52-54(49,50)53-37-39(42(47)48)43-40(45)33-31-29-27-10-8-6-4-2/h5,7,11-12,14-15,17-18,20-21,23-24,38-39,44H,3-4,6,8-10,13,16,19,22,25-37H2,1-2H3,(H,43,45)(H,47,48)(H,49,50)/b7-5-,12-11-,15-14-,18-17-,21-20-,24-23-. The van der Waals surface area contributed by atoms with Crippen molar-refractivity contribution in [2.75, 3.05) is 19.8 Å². The Labute approximate surface area is 325 Å². The number of ether oxygens (including phenoxy) is 1. The van der Waals surface area contributed by atoms with Gasteiger partial charge in [0.05, 0.1) is 13.2 Å². The summed E-state index contributed by atoms with van der Waals surface area (Å²) in [5.41, 5.74) is 0. The van der Waals surface area contributed by atoms with Crippen molar-refractivity contribution in [2.45, 2.75) is 154 Å². The van der Waals surface area contributed by atoms with Gasteiger partial charge >= 0.3 is 19.8 Å². The monoisotopic (exact) mass is 779 g/mol. The quantitative estimate of drug-likeness (QED) is 0.0208. The number of carboxylic acid groups (broad SMARTS) is 1. The Hall–Kier alpha value is -3.08. The van der Waals surface area contributed by atoms with E-state index in [4.69, 9.17) is 13.8 Å². The average molecular weight is 780 g/mol. The van der Waals surface area contributed by atoms with E-state index >= 15 is 0 Å². The highest BCUT2D eigenvalue weighted by Gasteiger charge is 2.28. The van der Waals surface area contributed by atoms with Gasteiger partial charge in [0.2, 0.25) is 5.91 Å². The predicted molar refractivity (Wildman–Crippen MR) is 217 cm³/mol. The maximum Gasteiger partial charge on any atom is 0.472 e. The van der Waals surface area contributed by atoms with Crippen molar-refractivity contribution in [2.24, 2.45) is 0 Å². The zero-order valence-corrected chi connectivity index (χ0v) is 33.9. The molecule has 308 valence electrons. The number of hydrogen-bond acceptors (Lipinski definition) is 8. The van der Waals surface area contributed by atoms with Crippen LogP contribution in [0, 0.1) is 0 Å². The van der Waals surface area contributed by atoms with Crippen LogP contribution in [0.3, 0.4) is 0 Å². The number of carboxylic acids is 1. The average Bonchev–Trinajstić information content (AvgIpc) is 3.14. The van der Waals surface area contributed by atoms with Gasteiger partial charge in [-0.05, 0) is 64.2 Å². The number of unbranched alkanes of at least 4 members (excludes halogenated alkanes) is 10. The van der Waals surface area contributed by atoms with Gasteiger partial charge in [0.25, 0.3) is 0 Å². The Bertz CT molecular complexity index is 1190. The first kappa shape index (κ1) is 50.9. The Morgan fingerprint density at radius 2 is 1.07 bits per heavy atom. The second-order valence-electron chi connectivity index (χ2n) is 13.1. The summed E-state index contributed by atoms with van der Waals surface area (Å²) in [6.07, 6.45) is 42.5. The fourth-order valence-corrected chi connectivity index (χ4v) is 5.68. The van der Waals surface area contributed by atoms with E-state index in [1.165, 1.54) is 6.42 Å². The molecule has 4 N–H and O–H groups in total. The minimum absolute atomic E-state index is 0.140. The fraction of sp³-hybridized carbons (Fsp3) is 0.643. The summed E-state index contributed by atoms with van der Waals surface area (Å²) in [5.74, 6) is -2.42. The summed E-state index contributed by atoms with van der Waals surface area (Å²) in [5, 5.41) is 21.7. The molecule has 12 heteroatoms. The summed E-state index contributed by atoms with van der Waals surface area (Å²) >= 11 is 0. The van der Waals surface area contributed by atoms with E-state index in [1.54, 1.807) is 0 Å². The minimum atomic E-state index is -4.75. The normalized spacial score (nSPS) is 14.6. The molecule has 0 spiro atoms. The number of hydrogen-bond donors (Lipinski definition) is 4. The van der Waals surface area contributed by atoms with Crippen molar-refractivity contribution in [1.82, 2.24) is 5.32 Å². The van der Waals surface area contributed by atoms with E-state index in [9.17, 15) is 34.1 Å². The lowest BCUT2D eigenvalue weighted by Gasteiger charge is -2.18. The van der Waals surface area contributed by atoms with Crippen LogP contribution in [0.4, 0.5) is 0 Å². The van der Waals surface area contributed by atoms with E-state index in [1.807, 2.05) is 0 Å². The lowest BCUT2D eigenvalue weighted by Crippen LogP contribution is -2.43. The summed E-state index contributed by atoms with van der Waals surface area (Å²) in [7, 11) is -4.75. The van der Waals surface area contributed by atoms with E-state index in [0.29, 0.717) is 12.8 Å². The minimum Gasteiger partial charge on any atom is -0.480 e. The van der Waals surface area contributed by atoms with Crippen LogP contribution < -0.4 is 5.32 Å². The van der Waals surface area contributed by atoms with Crippen LogP contribution >= 0.6 is 7.82 Å². The third-order valence-electron chi connectivity index (χ3n) is 8.01. The molecule has 0 aromatic carbocycles. The molecule has 0 bridgehead atoms. The number of rotatable bonds is 36. The number of aliphatic carboxylic acids is 1. The van der Waals surface area contributed by atoms with Crippen molar-refractivity contribution >= 4 is 25.7 Å². The van der Waals surface area contributed by atoms with Crippen LogP contribution in [0.25, 0.3) is 0 Å². The topological polar surface area (TPSA) is 169 Å². The number of phosphoric acid groups is 1. The molecule has 0 saturated heterocycles. The summed E-state index contributed by atoms with van der Waals surface area (Å²) in [4.78, 5) is 45.5. The van der Waals surface area contributed by atoms with Crippen LogP contribution in [0.5, 0.6) is 0 Å². The lowest BCUT2D eigenvalue weighted by atomic mass is 10.1. The van der Waals surface area contributed by atoms with Crippen LogP contribution in [0.1, 0.15) is 142 Å². The lowest BCUT2D eigenvalue weighted by molar-refractivity contribution is -0.147. The molecule has 0 fully saturated rings. The second-order valence-corrected chi connectivity index (χ2v) is 14.5. The maximum atomic E-state index is 12.2. The highest BCUT2D eigenvalue weighted by molar-refractivity contribution is 7.47. The van der Waals surface area contributed by atoms with Crippen molar-refractivity contribution in [3.05, 3.63) is 72.9 Å². The molecular formula is C42H70NO10P. The smallest absolute Gasteiger partial charge is 0.472 e. The highest BCUT2D eigenvalue weighted by atomic mass is 31.2. The maximum absolute atomic E-state index is 12.2. The van der Waals surface area contributed by atoms with E-state index < -0.39 is 57.6 Å². The number of nitrogens with one attached hydrogen (secondary N) is 1. The first-order valence-electron chi connectivity index (χ1n) is 20.0. The van der Waals surface area contributed by atoms with Crippen LogP contribution in [0.2, 0.25) is 0 Å². The van der Waals surface area contributed by atoms with Gasteiger partial charge in [0.1, 0.15) is 12.7 Å². The molecule has 0 aromatic heterocycles. The molecule has 0 aliphatic rings. The van der Waals surface area contributed by atoms with Gasteiger partial charge in [-0.25, -0.2) is 9.36 Å². The molecule has 0 aromatic rings. The molecule has 3 atom stereocenters. The molecule has 11 nitrogen and oxygen atoms in total. The summed E-state index contributed by atoms with van der Waals surface area (Å²) < 4.78 is 26.6. The Balaban J connectivity index is 3.93. The molecular weight excluding hydrogens is 709 g/mol. The Morgan fingerprint density at radius 1 is 0.611 bits per heavy atom. The molecule has 3 unspecified atom stereocenters. The van der Waals surface area contributed by atoms with Crippen molar-refractivity contribution in [3.8, 4) is 0 Å². The van der Waals surface area contributed by atoms with Crippen LogP contribution in [-0.2, 0) is 32.7 Å². The van der Waals surface area contributed by atoms with E-state index in [-0.39, 0.29) is 12.8 Å². The predicted octanol–water partition coefficient (Wildman–Crippen LogP) is 9.77. The molecule has 54 heavy (non-hydrogen) atoms. The zero-order valence-electron chi connectivity index (χ0n) is 33.0. The molecule has 0 aliphatic heterocycles. The van der Waals surface area contributed by atoms with Crippen LogP contribution in [0.15, 0.2) is 72.9 Å². The van der Waals surface area contributed by atoms with Crippen molar-refractivity contribution < 1.29 is 47.8 Å². The van der Waals surface area contributed by atoms with Gasteiger partial charge in [-0.2, -0.15) is 0 Å². The van der Waals surface area contributed by atoms with E-state index in [0.717, 1.165) is 96.3 Å². The number of allylic oxidation sites excluding steroid dienone is 12.